The zero-order valence-corrected chi connectivity index (χ0v) is 62.3. The quantitative estimate of drug-likeness (QED) is 0.0222. The molecule has 0 amide bonds. The molecule has 0 heterocycles. The lowest BCUT2D eigenvalue weighted by Crippen LogP contribution is -2.30. The predicted octanol–water partition coefficient (Wildman–Crippen LogP) is 21.6. The van der Waals surface area contributed by atoms with E-state index in [4.69, 9.17) is 37.0 Å². The van der Waals surface area contributed by atoms with Crippen LogP contribution in [0.15, 0.2) is 0 Å². The van der Waals surface area contributed by atoms with Gasteiger partial charge in [-0.2, -0.15) is 0 Å². The van der Waals surface area contributed by atoms with Crippen molar-refractivity contribution in [3.05, 3.63) is 0 Å². The Morgan fingerprint density at radius 1 is 0.290 bits per heavy atom. The lowest BCUT2D eigenvalue weighted by Gasteiger charge is -2.21. The summed E-state index contributed by atoms with van der Waals surface area (Å²) in [6, 6.07) is 0. The first-order valence-electron chi connectivity index (χ1n) is 38.5. The molecule has 0 saturated carbocycles. The Labute approximate surface area is 568 Å². The van der Waals surface area contributed by atoms with E-state index in [1.165, 1.54) is 199 Å². The minimum absolute atomic E-state index is 0.106. The van der Waals surface area contributed by atoms with E-state index in [1.54, 1.807) is 0 Å². The van der Waals surface area contributed by atoms with Crippen LogP contribution in [0.3, 0.4) is 0 Å². The summed E-state index contributed by atoms with van der Waals surface area (Å²) >= 11 is 0. The van der Waals surface area contributed by atoms with Crippen LogP contribution >= 0.6 is 15.6 Å². The highest BCUT2D eigenvalue weighted by Crippen LogP contribution is 2.45. The number of carbonyl (C=O) groups is 4. The first-order valence-corrected chi connectivity index (χ1v) is 41.5. The van der Waals surface area contributed by atoms with E-state index in [2.05, 4.69) is 41.5 Å². The van der Waals surface area contributed by atoms with Gasteiger partial charge in [-0.3, -0.25) is 37.3 Å². The summed E-state index contributed by atoms with van der Waals surface area (Å²) in [5, 5.41) is 10.6. The van der Waals surface area contributed by atoms with Crippen LogP contribution in [0.5, 0.6) is 0 Å². The summed E-state index contributed by atoms with van der Waals surface area (Å²) < 4.78 is 68.5. The van der Waals surface area contributed by atoms with Crippen molar-refractivity contribution in [1.29, 1.82) is 0 Å². The zero-order valence-electron chi connectivity index (χ0n) is 60.6. The number of carbonyl (C=O) groups excluding carboxylic acids is 4. The minimum Gasteiger partial charge on any atom is -0.462 e. The van der Waals surface area contributed by atoms with Crippen molar-refractivity contribution in [1.82, 2.24) is 0 Å². The topological polar surface area (TPSA) is 237 Å². The summed E-state index contributed by atoms with van der Waals surface area (Å²) in [6.45, 7) is 9.56. The average molecular weight is 1370 g/mol. The number of hydrogen-bond donors (Lipinski definition) is 3. The van der Waals surface area contributed by atoms with Crippen molar-refractivity contribution < 1.29 is 80.2 Å². The third kappa shape index (κ3) is 68.4. The maximum atomic E-state index is 13.1. The largest absolute Gasteiger partial charge is 0.472 e. The van der Waals surface area contributed by atoms with Crippen molar-refractivity contribution >= 4 is 39.5 Å². The van der Waals surface area contributed by atoms with Gasteiger partial charge in [-0.05, 0) is 37.5 Å². The summed E-state index contributed by atoms with van der Waals surface area (Å²) in [6.07, 6.45) is 52.6. The Kier molecular flexibility index (Phi) is 64.6. The van der Waals surface area contributed by atoms with Crippen molar-refractivity contribution in [2.45, 2.75) is 400 Å². The van der Waals surface area contributed by atoms with Gasteiger partial charge in [0.1, 0.15) is 19.3 Å². The SMILES string of the molecule is CCCCCCCCCCCCCCCCC(=O)OC[C@H](COP(=O)(O)OC[C@@H](O)COP(=O)(O)OC[C@@H](COC(=O)CCCCCCCCCCCC(C)C)OC(=O)CCCCCCCCCCCCC(C)C)OC(=O)CCCCCCCCCCCCCCCC. The van der Waals surface area contributed by atoms with Crippen molar-refractivity contribution in [3.63, 3.8) is 0 Å². The molecule has 0 aromatic carbocycles. The number of unbranched alkanes of at least 4 members (excludes halogenated alkanes) is 43. The summed E-state index contributed by atoms with van der Waals surface area (Å²) in [4.78, 5) is 72.8. The Morgan fingerprint density at radius 3 is 0.731 bits per heavy atom. The molecule has 0 aromatic heterocycles. The predicted molar refractivity (Wildman–Crippen MR) is 377 cm³/mol. The molecule has 0 aromatic rings. The molecular formula is C74H144O17P2. The number of rotatable bonds is 73. The number of aliphatic hydroxyl groups excluding tert-OH is 1. The number of ether oxygens (including phenoxy) is 4. The number of aliphatic hydroxyl groups is 1. The van der Waals surface area contributed by atoms with Crippen LogP contribution < -0.4 is 0 Å². The summed E-state index contributed by atoms with van der Waals surface area (Å²) in [5.74, 6) is -0.620. The van der Waals surface area contributed by atoms with Gasteiger partial charge >= 0.3 is 39.5 Å². The molecule has 0 bridgehead atoms. The zero-order chi connectivity index (χ0) is 68.6. The van der Waals surface area contributed by atoms with E-state index in [9.17, 15) is 43.2 Å². The number of esters is 4. The molecule has 0 rings (SSSR count). The first kappa shape index (κ1) is 91.1. The molecule has 0 saturated heterocycles. The Bertz CT molecular complexity index is 1800. The van der Waals surface area contributed by atoms with Gasteiger partial charge in [-0.25, -0.2) is 9.13 Å². The fourth-order valence-corrected chi connectivity index (χ4v) is 12.9. The maximum Gasteiger partial charge on any atom is 0.472 e. The van der Waals surface area contributed by atoms with E-state index < -0.39 is 97.5 Å². The summed E-state index contributed by atoms with van der Waals surface area (Å²) in [7, 11) is -9.91. The van der Waals surface area contributed by atoms with Crippen molar-refractivity contribution in [3.8, 4) is 0 Å². The number of phosphoric acid groups is 2. The molecule has 0 aliphatic heterocycles. The Morgan fingerprint density at radius 2 is 0.495 bits per heavy atom. The highest BCUT2D eigenvalue weighted by Gasteiger charge is 2.30. The second-order valence-corrected chi connectivity index (χ2v) is 30.5. The van der Waals surface area contributed by atoms with Crippen molar-refractivity contribution in [2.75, 3.05) is 39.6 Å². The van der Waals surface area contributed by atoms with Gasteiger partial charge in [-0.15, -0.1) is 0 Å². The Balaban J connectivity index is 5.26. The summed E-state index contributed by atoms with van der Waals surface area (Å²) in [5.41, 5.74) is 0. The molecule has 3 N–H and O–H groups in total. The van der Waals surface area contributed by atoms with E-state index in [0.717, 1.165) is 102 Å². The van der Waals surface area contributed by atoms with Gasteiger partial charge in [0.25, 0.3) is 0 Å². The van der Waals surface area contributed by atoms with Gasteiger partial charge < -0.3 is 33.8 Å². The van der Waals surface area contributed by atoms with Crippen LogP contribution in [0, 0.1) is 11.8 Å². The third-order valence-electron chi connectivity index (χ3n) is 17.2. The Hall–Kier alpha value is -1.94. The van der Waals surface area contributed by atoms with Gasteiger partial charge in [0.2, 0.25) is 0 Å². The van der Waals surface area contributed by atoms with Crippen LogP contribution in [0.1, 0.15) is 382 Å². The normalized spacial score (nSPS) is 14.1. The van der Waals surface area contributed by atoms with E-state index in [1.807, 2.05) is 0 Å². The minimum atomic E-state index is -4.95. The maximum absolute atomic E-state index is 13.1. The molecule has 17 nitrogen and oxygen atoms in total. The molecule has 19 heteroatoms. The van der Waals surface area contributed by atoms with Gasteiger partial charge in [0.05, 0.1) is 26.4 Å². The smallest absolute Gasteiger partial charge is 0.462 e. The first-order chi connectivity index (χ1) is 44.9. The standard InChI is InChI=1S/C74H144O17P2/c1-7-9-11-13-15-17-19-21-23-25-32-38-44-50-56-71(76)84-62-69(90-73(78)58-52-46-40-33-26-24-22-20-18-16-14-12-10-8-2)64-88-92(80,81)86-60-68(75)61-87-93(82,83)89-65-70(63-85-72(77)57-51-45-39-35-29-31-37-43-49-55-67(5)6)91-74(79)59-53-47-41-34-28-27-30-36-42-48-54-66(3)4/h66-70,75H,7-65H2,1-6H3,(H,80,81)(H,82,83)/t68-,69-,70-/m1/s1. The highest BCUT2D eigenvalue weighted by molar-refractivity contribution is 7.47. The van der Waals surface area contributed by atoms with E-state index in [-0.39, 0.29) is 25.7 Å². The molecule has 5 atom stereocenters. The molecule has 0 spiro atoms. The lowest BCUT2D eigenvalue weighted by atomic mass is 10.0. The third-order valence-corrected chi connectivity index (χ3v) is 19.1. The highest BCUT2D eigenvalue weighted by atomic mass is 31.2. The fraction of sp³-hybridized carbons (Fsp3) is 0.946. The lowest BCUT2D eigenvalue weighted by molar-refractivity contribution is -0.161. The molecule has 0 radical (unpaired) electrons. The second-order valence-electron chi connectivity index (χ2n) is 27.6. The van der Waals surface area contributed by atoms with Crippen LogP contribution in [-0.4, -0.2) is 96.7 Å². The molecule has 93 heavy (non-hydrogen) atoms. The molecule has 0 fully saturated rings. The van der Waals surface area contributed by atoms with Crippen LogP contribution in [0.4, 0.5) is 0 Å². The van der Waals surface area contributed by atoms with E-state index in [0.29, 0.717) is 25.7 Å². The van der Waals surface area contributed by atoms with Crippen molar-refractivity contribution in [2.24, 2.45) is 11.8 Å². The molecule has 0 aliphatic rings. The monoisotopic (exact) mass is 1370 g/mol. The van der Waals surface area contributed by atoms with Gasteiger partial charge in [-0.1, -0.05) is 330 Å². The van der Waals surface area contributed by atoms with Crippen LogP contribution in [-0.2, 0) is 65.4 Å². The molecule has 2 unspecified atom stereocenters. The van der Waals surface area contributed by atoms with Gasteiger partial charge in [0.15, 0.2) is 12.2 Å². The number of phosphoric ester groups is 2. The number of hydrogen-bond acceptors (Lipinski definition) is 15. The van der Waals surface area contributed by atoms with Gasteiger partial charge in [0, 0.05) is 25.7 Å². The molecule has 0 aliphatic carbocycles. The van der Waals surface area contributed by atoms with Crippen LogP contribution in [0.25, 0.3) is 0 Å². The second kappa shape index (κ2) is 66.0. The average Bonchev–Trinajstić information content (AvgIpc) is 1.98. The molecular weight excluding hydrogens is 1220 g/mol. The molecule has 552 valence electrons. The van der Waals surface area contributed by atoms with Crippen LogP contribution in [0.2, 0.25) is 0 Å². The fourth-order valence-electron chi connectivity index (χ4n) is 11.3. The van der Waals surface area contributed by atoms with E-state index >= 15 is 0 Å².